The topological polar surface area (TPSA) is 42.0 Å². The fourth-order valence-electron chi connectivity index (χ4n) is 1.24. The van der Waals surface area contributed by atoms with Gasteiger partial charge in [-0.1, -0.05) is 0 Å². The molecular weight excluding hydrogens is 259 g/mol. The molecule has 0 radical (unpaired) electrons. The molecule has 1 heterocycles. The van der Waals surface area contributed by atoms with Crippen LogP contribution in [-0.4, -0.2) is 10.9 Å². The molecular formula is C11H9FN2OS2. The highest BCUT2D eigenvalue weighted by molar-refractivity contribution is 7.80. The summed E-state index contributed by atoms with van der Waals surface area (Å²) >= 11 is 5.31. The summed E-state index contributed by atoms with van der Waals surface area (Å²) in [5.74, 6) is -0.773. The number of amides is 1. The van der Waals surface area contributed by atoms with E-state index < -0.39 is 5.82 Å². The Labute approximate surface area is 107 Å². The molecule has 1 aromatic heterocycles. The number of benzene rings is 1. The molecule has 1 amide bonds. The van der Waals surface area contributed by atoms with Crippen LogP contribution in [0.5, 0.6) is 0 Å². The van der Waals surface area contributed by atoms with Crippen LogP contribution in [0.25, 0.3) is 0 Å². The van der Waals surface area contributed by atoms with Gasteiger partial charge in [0.05, 0.1) is 0 Å². The van der Waals surface area contributed by atoms with Crippen molar-refractivity contribution in [1.29, 1.82) is 0 Å². The molecule has 88 valence electrons. The lowest BCUT2D eigenvalue weighted by molar-refractivity contribution is 0.102. The predicted molar refractivity (Wildman–Crippen MR) is 68.5 cm³/mol. The number of rotatable bonds is 2. The van der Waals surface area contributed by atoms with Crippen molar-refractivity contribution >= 4 is 35.0 Å². The number of halogens is 1. The van der Waals surface area contributed by atoms with E-state index in [1.807, 2.05) is 6.92 Å². The molecule has 0 spiro atoms. The van der Waals surface area contributed by atoms with Crippen LogP contribution in [0.15, 0.2) is 29.3 Å². The number of hydrogen-bond acceptors (Lipinski definition) is 4. The summed E-state index contributed by atoms with van der Waals surface area (Å²) < 4.78 is 13.0. The normalized spacial score (nSPS) is 10.3. The predicted octanol–water partition coefficient (Wildman–Crippen LogP) is 3.13. The molecule has 0 atom stereocenters. The summed E-state index contributed by atoms with van der Waals surface area (Å²) in [5.41, 5.74) is 0.351. The van der Waals surface area contributed by atoms with Gasteiger partial charge >= 0.3 is 0 Å². The van der Waals surface area contributed by atoms with Gasteiger partial charge in [-0.05, 0) is 25.1 Å². The highest BCUT2D eigenvalue weighted by atomic mass is 32.1. The van der Waals surface area contributed by atoms with E-state index in [1.165, 1.54) is 29.5 Å². The molecule has 17 heavy (non-hydrogen) atoms. The third-order valence-corrected chi connectivity index (χ3v) is 3.22. The summed E-state index contributed by atoms with van der Waals surface area (Å²) in [7, 11) is 0. The second kappa shape index (κ2) is 4.85. The molecule has 0 bridgehead atoms. The smallest absolute Gasteiger partial charge is 0.257 e. The maximum Gasteiger partial charge on any atom is 0.257 e. The van der Waals surface area contributed by atoms with E-state index in [9.17, 15) is 9.18 Å². The highest BCUT2D eigenvalue weighted by Crippen LogP contribution is 2.19. The van der Waals surface area contributed by atoms with Gasteiger partial charge < -0.3 is 0 Å². The van der Waals surface area contributed by atoms with Gasteiger partial charge in [-0.15, -0.1) is 24.0 Å². The van der Waals surface area contributed by atoms with E-state index in [-0.39, 0.29) is 10.8 Å². The molecule has 0 aliphatic carbocycles. The lowest BCUT2D eigenvalue weighted by Crippen LogP contribution is -2.11. The Balaban J connectivity index is 2.17. The van der Waals surface area contributed by atoms with Crippen LogP contribution in [0.2, 0.25) is 0 Å². The molecule has 1 N–H and O–H groups in total. The number of carbonyl (C=O) groups excluding carboxylic acids is 1. The van der Waals surface area contributed by atoms with E-state index in [0.29, 0.717) is 10.7 Å². The van der Waals surface area contributed by atoms with E-state index in [0.717, 1.165) is 4.88 Å². The summed E-state index contributed by atoms with van der Waals surface area (Å²) in [5, 5.41) is 3.16. The van der Waals surface area contributed by atoms with Gasteiger partial charge in [0, 0.05) is 21.5 Å². The number of aryl methyl sites for hydroxylation is 1. The molecule has 0 saturated carbocycles. The first kappa shape index (κ1) is 12.1. The van der Waals surface area contributed by atoms with Crippen molar-refractivity contribution < 1.29 is 9.18 Å². The van der Waals surface area contributed by atoms with Crippen LogP contribution < -0.4 is 5.32 Å². The van der Waals surface area contributed by atoms with Crippen molar-refractivity contribution in [2.24, 2.45) is 0 Å². The Morgan fingerprint density at radius 1 is 1.53 bits per heavy atom. The Morgan fingerprint density at radius 3 is 2.88 bits per heavy atom. The van der Waals surface area contributed by atoms with Crippen LogP contribution in [0.3, 0.4) is 0 Å². The molecule has 0 aliphatic heterocycles. The van der Waals surface area contributed by atoms with E-state index in [2.05, 4.69) is 22.9 Å². The third-order valence-electron chi connectivity index (χ3n) is 2.05. The van der Waals surface area contributed by atoms with E-state index >= 15 is 0 Å². The summed E-state index contributed by atoms with van der Waals surface area (Å²) in [6, 6.07) is 4.00. The maximum atomic E-state index is 13.0. The number of anilines is 1. The quantitative estimate of drug-likeness (QED) is 0.822. The van der Waals surface area contributed by atoms with Crippen LogP contribution in [0.4, 0.5) is 9.52 Å². The van der Waals surface area contributed by atoms with Gasteiger partial charge in [0.15, 0.2) is 5.13 Å². The number of thiazole rings is 1. The molecule has 0 fully saturated rings. The summed E-state index contributed by atoms with van der Waals surface area (Å²) in [6.45, 7) is 1.90. The minimum absolute atomic E-state index is 0.146. The zero-order chi connectivity index (χ0) is 12.4. The average molecular weight is 268 g/mol. The van der Waals surface area contributed by atoms with Crippen molar-refractivity contribution in [3.63, 3.8) is 0 Å². The van der Waals surface area contributed by atoms with Gasteiger partial charge in [-0.25, -0.2) is 9.37 Å². The Kier molecular flexibility index (Phi) is 3.44. The molecule has 3 nitrogen and oxygen atoms in total. The molecule has 2 rings (SSSR count). The molecule has 0 aliphatic rings. The fourth-order valence-corrected chi connectivity index (χ4v) is 2.11. The lowest BCUT2D eigenvalue weighted by Gasteiger charge is -2.02. The monoisotopic (exact) mass is 268 g/mol. The van der Waals surface area contributed by atoms with Crippen molar-refractivity contribution in [3.05, 3.63) is 40.7 Å². The summed E-state index contributed by atoms with van der Waals surface area (Å²) in [4.78, 5) is 17.0. The highest BCUT2D eigenvalue weighted by Gasteiger charge is 2.10. The van der Waals surface area contributed by atoms with E-state index in [1.54, 1.807) is 6.20 Å². The number of aromatic nitrogens is 1. The first-order valence-electron chi connectivity index (χ1n) is 4.78. The van der Waals surface area contributed by atoms with Gasteiger partial charge in [0.2, 0.25) is 0 Å². The fraction of sp³-hybridized carbons (Fsp3) is 0.0909. The van der Waals surface area contributed by atoms with Crippen molar-refractivity contribution in [2.75, 3.05) is 5.32 Å². The van der Waals surface area contributed by atoms with E-state index in [4.69, 9.17) is 0 Å². The van der Waals surface area contributed by atoms with Crippen LogP contribution in [0, 0.1) is 12.7 Å². The SMILES string of the molecule is Cc1cnc(NC(=O)c2ccc(F)c(S)c2)s1. The van der Waals surface area contributed by atoms with Crippen LogP contribution in [-0.2, 0) is 0 Å². The number of hydrogen-bond donors (Lipinski definition) is 2. The maximum absolute atomic E-state index is 13.0. The van der Waals surface area contributed by atoms with Gasteiger partial charge in [0.25, 0.3) is 5.91 Å². The Hall–Kier alpha value is -1.40. The number of thiol groups is 1. The first-order chi connectivity index (χ1) is 8.06. The number of carbonyl (C=O) groups is 1. The minimum Gasteiger partial charge on any atom is -0.298 e. The van der Waals surface area contributed by atoms with Gasteiger partial charge in [0.1, 0.15) is 5.82 Å². The van der Waals surface area contributed by atoms with Crippen molar-refractivity contribution in [3.8, 4) is 0 Å². The Morgan fingerprint density at radius 2 is 2.29 bits per heavy atom. The zero-order valence-electron chi connectivity index (χ0n) is 8.90. The lowest BCUT2D eigenvalue weighted by atomic mass is 10.2. The average Bonchev–Trinajstić information content (AvgIpc) is 2.68. The molecule has 1 aromatic carbocycles. The first-order valence-corrected chi connectivity index (χ1v) is 6.05. The molecule has 0 saturated heterocycles. The van der Waals surface area contributed by atoms with Crippen molar-refractivity contribution in [1.82, 2.24) is 4.98 Å². The minimum atomic E-state index is -0.449. The largest absolute Gasteiger partial charge is 0.298 e. The van der Waals surface area contributed by atoms with Crippen LogP contribution >= 0.6 is 24.0 Å². The summed E-state index contributed by atoms with van der Waals surface area (Å²) in [6.07, 6.45) is 1.68. The van der Waals surface area contributed by atoms with Crippen molar-refractivity contribution in [2.45, 2.75) is 11.8 Å². The molecule has 6 heteroatoms. The third kappa shape index (κ3) is 2.83. The van der Waals surface area contributed by atoms with Gasteiger partial charge in [-0.3, -0.25) is 10.1 Å². The molecule has 2 aromatic rings. The second-order valence-corrected chi connectivity index (χ2v) is 5.11. The standard InChI is InChI=1S/C11H9FN2OS2/c1-6-5-13-11(17-6)14-10(15)7-2-3-8(12)9(16)4-7/h2-5,16H,1H3,(H,13,14,15). The Bertz CT molecular complexity index is 568. The van der Waals surface area contributed by atoms with Gasteiger partial charge in [-0.2, -0.15) is 0 Å². The van der Waals surface area contributed by atoms with Crippen LogP contribution in [0.1, 0.15) is 15.2 Å². The second-order valence-electron chi connectivity index (χ2n) is 3.40. The zero-order valence-corrected chi connectivity index (χ0v) is 10.6. The number of nitrogens with one attached hydrogen (secondary N) is 1. The number of nitrogens with zero attached hydrogens (tertiary/aromatic N) is 1. The molecule has 0 unspecified atom stereocenters.